The highest BCUT2D eigenvalue weighted by atomic mass is 16.5. The second kappa shape index (κ2) is 9.03. The molecule has 5 nitrogen and oxygen atoms in total. The molecule has 0 aliphatic rings. The first-order valence-electron chi connectivity index (χ1n) is 8.37. The van der Waals surface area contributed by atoms with Gasteiger partial charge in [0.1, 0.15) is 5.75 Å². The van der Waals surface area contributed by atoms with E-state index in [4.69, 9.17) is 10.5 Å². The highest BCUT2D eigenvalue weighted by Crippen LogP contribution is 2.22. The minimum absolute atomic E-state index is 0.309. The molecule has 1 atom stereocenters. The monoisotopic (exact) mass is 327 g/mol. The second-order valence-electron chi connectivity index (χ2n) is 5.80. The topological polar surface area (TPSA) is 77.2 Å². The van der Waals surface area contributed by atoms with E-state index < -0.39 is 5.91 Å². The fourth-order valence-corrected chi connectivity index (χ4v) is 2.34. The number of aromatic nitrogens is 1. The van der Waals surface area contributed by atoms with Crippen LogP contribution in [0, 0.1) is 0 Å². The minimum atomic E-state index is -0.501. The Hall–Kier alpha value is -2.40. The van der Waals surface area contributed by atoms with Gasteiger partial charge in [0, 0.05) is 18.3 Å². The van der Waals surface area contributed by atoms with Crippen LogP contribution in [0.1, 0.15) is 55.1 Å². The van der Waals surface area contributed by atoms with Crippen molar-refractivity contribution >= 4 is 5.91 Å². The Morgan fingerprint density at radius 1 is 1.21 bits per heavy atom. The first-order valence-corrected chi connectivity index (χ1v) is 8.37. The number of carbonyl (C=O) groups is 1. The molecule has 1 unspecified atom stereocenters. The molecule has 1 heterocycles. The second-order valence-corrected chi connectivity index (χ2v) is 5.80. The summed E-state index contributed by atoms with van der Waals surface area (Å²) in [5.41, 5.74) is 6.77. The Morgan fingerprint density at radius 3 is 2.54 bits per heavy atom. The lowest BCUT2D eigenvalue weighted by Crippen LogP contribution is -2.19. The highest BCUT2D eigenvalue weighted by Gasteiger charge is 2.06. The van der Waals surface area contributed by atoms with Crippen LogP contribution in [-0.2, 0) is 0 Å². The molecule has 0 aliphatic heterocycles. The van der Waals surface area contributed by atoms with Crippen LogP contribution in [0.5, 0.6) is 11.6 Å². The van der Waals surface area contributed by atoms with Crippen LogP contribution >= 0.6 is 0 Å². The quantitative estimate of drug-likeness (QED) is 0.687. The Balaban J connectivity index is 1.90. The Morgan fingerprint density at radius 2 is 1.96 bits per heavy atom. The largest absolute Gasteiger partial charge is 0.439 e. The van der Waals surface area contributed by atoms with Gasteiger partial charge < -0.3 is 15.8 Å². The van der Waals surface area contributed by atoms with E-state index in [1.165, 1.54) is 31.0 Å². The maximum Gasteiger partial charge on any atom is 0.250 e. The highest BCUT2D eigenvalue weighted by molar-refractivity contribution is 5.92. The van der Waals surface area contributed by atoms with Crippen LogP contribution < -0.4 is 15.8 Å². The number of ether oxygens (including phenoxy) is 1. The van der Waals surface area contributed by atoms with Crippen LogP contribution in [0.3, 0.4) is 0 Å². The zero-order valence-electron chi connectivity index (χ0n) is 14.3. The van der Waals surface area contributed by atoms with Gasteiger partial charge in [-0.3, -0.25) is 4.79 Å². The summed E-state index contributed by atoms with van der Waals surface area (Å²) < 4.78 is 5.68. The lowest BCUT2D eigenvalue weighted by atomic mass is 10.1. The first-order chi connectivity index (χ1) is 11.6. The van der Waals surface area contributed by atoms with Gasteiger partial charge in [0.05, 0.1) is 5.56 Å². The summed E-state index contributed by atoms with van der Waals surface area (Å²) in [6.07, 6.45) is 5.11. The predicted molar refractivity (Wildman–Crippen MR) is 95.2 cm³/mol. The summed E-state index contributed by atoms with van der Waals surface area (Å²) in [4.78, 5) is 15.1. The SMILES string of the molecule is CCCCCNC(C)c1ccc(Oc2ccc(C(N)=O)cn2)cc1. The Kier molecular flexibility index (Phi) is 6.75. The Labute approximate surface area is 143 Å². The van der Waals surface area contributed by atoms with Crippen molar-refractivity contribution in [1.29, 1.82) is 0 Å². The molecule has 1 amide bonds. The number of nitrogens with zero attached hydrogens (tertiary/aromatic N) is 1. The van der Waals surface area contributed by atoms with E-state index in [1.54, 1.807) is 12.1 Å². The van der Waals surface area contributed by atoms with E-state index in [-0.39, 0.29) is 0 Å². The van der Waals surface area contributed by atoms with Gasteiger partial charge in [-0.1, -0.05) is 31.9 Å². The lowest BCUT2D eigenvalue weighted by Gasteiger charge is -2.14. The standard InChI is InChI=1S/C19H25N3O2/c1-3-4-5-12-21-14(2)15-6-9-17(10-7-15)24-18-11-8-16(13-22-18)19(20)23/h6-11,13-14,21H,3-5,12H2,1-2H3,(H2,20,23). The normalized spacial score (nSPS) is 11.9. The first kappa shape index (κ1) is 17.9. The number of rotatable bonds is 9. The maximum atomic E-state index is 11.0. The van der Waals surface area contributed by atoms with E-state index in [9.17, 15) is 4.79 Å². The van der Waals surface area contributed by atoms with Crippen molar-refractivity contribution in [3.63, 3.8) is 0 Å². The smallest absolute Gasteiger partial charge is 0.250 e. The molecular weight excluding hydrogens is 302 g/mol. The van der Waals surface area contributed by atoms with Crippen molar-refractivity contribution in [1.82, 2.24) is 10.3 Å². The van der Waals surface area contributed by atoms with Crippen molar-refractivity contribution in [3.05, 3.63) is 53.7 Å². The summed E-state index contributed by atoms with van der Waals surface area (Å²) >= 11 is 0. The number of benzene rings is 1. The number of hydrogen-bond acceptors (Lipinski definition) is 4. The molecule has 0 radical (unpaired) electrons. The maximum absolute atomic E-state index is 11.0. The summed E-state index contributed by atoms with van der Waals surface area (Å²) in [5.74, 6) is 0.633. The fraction of sp³-hybridized carbons (Fsp3) is 0.368. The van der Waals surface area contributed by atoms with Crippen LogP contribution in [0.15, 0.2) is 42.6 Å². The van der Waals surface area contributed by atoms with Crippen molar-refractivity contribution < 1.29 is 9.53 Å². The molecule has 5 heteroatoms. The number of primary amides is 1. The molecule has 128 valence electrons. The number of nitrogens with one attached hydrogen (secondary N) is 1. The summed E-state index contributed by atoms with van der Waals surface area (Å²) in [6, 6.07) is 11.5. The molecule has 0 saturated carbocycles. The van der Waals surface area contributed by atoms with Gasteiger partial charge in [0.25, 0.3) is 0 Å². The fourth-order valence-electron chi connectivity index (χ4n) is 2.34. The summed E-state index contributed by atoms with van der Waals surface area (Å²) in [7, 11) is 0. The van der Waals surface area contributed by atoms with Gasteiger partial charge in [-0.15, -0.1) is 0 Å². The number of hydrogen-bond donors (Lipinski definition) is 2. The predicted octanol–water partition coefficient (Wildman–Crippen LogP) is 3.81. The van der Waals surface area contributed by atoms with Crippen molar-refractivity contribution in [2.45, 2.75) is 39.2 Å². The molecular formula is C19H25N3O2. The molecule has 2 rings (SSSR count). The molecule has 3 N–H and O–H groups in total. The van der Waals surface area contributed by atoms with Crippen molar-refractivity contribution in [2.75, 3.05) is 6.54 Å². The summed E-state index contributed by atoms with van der Waals surface area (Å²) in [6.45, 7) is 5.40. The molecule has 0 fully saturated rings. The third-order valence-corrected chi connectivity index (χ3v) is 3.85. The van der Waals surface area contributed by atoms with Gasteiger partial charge in [-0.05, 0) is 43.7 Å². The van der Waals surface area contributed by atoms with Gasteiger partial charge >= 0.3 is 0 Å². The molecule has 0 spiro atoms. The molecule has 24 heavy (non-hydrogen) atoms. The van der Waals surface area contributed by atoms with Crippen molar-refractivity contribution in [3.8, 4) is 11.6 Å². The number of unbranched alkanes of at least 4 members (excludes halogenated alkanes) is 2. The zero-order valence-corrected chi connectivity index (χ0v) is 14.3. The van der Waals surface area contributed by atoms with Gasteiger partial charge in [0.15, 0.2) is 0 Å². The minimum Gasteiger partial charge on any atom is -0.439 e. The van der Waals surface area contributed by atoms with E-state index in [0.29, 0.717) is 23.2 Å². The number of carbonyl (C=O) groups excluding carboxylic acids is 1. The van der Waals surface area contributed by atoms with Crippen LogP contribution in [0.2, 0.25) is 0 Å². The van der Waals surface area contributed by atoms with Crippen molar-refractivity contribution in [2.24, 2.45) is 5.73 Å². The zero-order chi connectivity index (χ0) is 17.4. The molecule has 1 aromatic carbocycles. The number of amides is 1. The molecule has 0 bridgehead atoms. The third kappa shape index (κ3) is 5.35. The average molecular weight is 327 g/mol. The lowest BCUT2D eigenvalue weighted by molar-refractivity contribution is 0.1000. The van der Waals surface area contributed by atoms with Crippen LogP contribution in [0.4, 0.5) is 0 Å². The van der Waals surface area contributed by atoms with E-state index in [0.717, 1.165) is 6.54 Å². The molecule has 0 aliphatic carbocycles. The van der Waals surface area contributed by atoms with Gasteiger partial charge in [-0.25, -0.2) is 4.98 Å². The summed E-state index contributed by atoms with van der Waals surface area (Å²) in [5, 5.41) is 3.52. The number of pyridine rings is 1. The average Bonchev–Trinajstić information content (AvgIpc) is 2.59. The third-order valence-electron chi connectivity index (χ3n) is 3.85. The van der Waals surface area contributed by atoms with Crippen LogP contribution in [-0.4, -0.2) is 17.4 Å². The van der Waals surface area contributed by atoms with E-state index in [2.05, 4.69) is 24.1 Å². The molecule has 2 aromatic rings. The van der Waals surface area contributed by atoms with E-state index in [1.807, 2.05) is 24.3 Å². The number of nitrogens with two attached hydrogens (primary N) is 1. The van der Waals surface area contributed by atoms with Gasteiger partial charge in [0.2, 0.25) is 11.8 Å². The molecule has 0 saturated heterocycles. The van der Waals surface area contributed by atoms with Gasteiger partial charge in [-0.2, -0.15) is 0 Å². The van der Waals surface area contributed by atoms with Crippen LogP contribution in [0.25, 0.3) is 0 Å². The Bertz CT molecular complexity index is 639. The molecule has 1 aromatic heterocycles. The van der Waals surface area contributed by atoms with E-state index >= 15 is 0 Å².